The summed E-state index contributed by atoms with van der Waals surface area (Å²) in [4.78, 5) is 10.6. The highest BCUT2D eigenvalue weighted by atomic mass is 32.1. The normalized spacial score (nSPS) is 16.1. The number of nitrogens with zero attached hydrogens (tertiary/aromatic N) is 2. The molecule has 5 heteroatoms. The van der Waals surface area contributed by atoms with Gasteiger partial charge in [-0.1, -0.05) is 0 Å². The Labute approximate surface area is 125 Å². The van der Waals surface area contributed by atoms with Gasteiger partial charge in [0, 0.05) is 23.4 Å². The zero-order chi connectivity index (χ0) is 14.6. The van der Waals surface area contributed by atoms with Gasteiger partial charge >= 0.3 is 0 Å². The zero-order valence-corrected chi connectivity index (χ0v) is 13.6. The van der Waals surface area contributed by atoms with Crippen molar-refractivity contribution in [3.8, 4) is 0 Å². The molecule has 0 aromatic carbocycles. The minimum absolute atomic E-state index is 0.0258. The van der Waals surface area contributed by atoms with Crippen LogP contribution in [-0.4, -0.2) is 23.0 Å². The number of hydrogen-bond acceptors (Lipinski definition) is 3. The predicted molar refractivity (Wildman–Crippen MR) is 86.5 cm³/mol. The van der Waals surface area contributed by atoms with E-state index in [9.17, 15) is 0 Å². The van der Waals surface area contributed by atoms with Crippen LogP contribution >= 0.6 is 11.3 Å². The lowest BCUT2D eigenvalue weighted by Crippen LogP contribution is -2.45. The largest absolute Gasteiger partial charge is 0.370 e. The molecule has 20 heavy (non-hydrogen) atoms. The highest BCUT2D eigenvalue weighted by Gasteiger charge is 2.14. The third-order valence-corrected chi connectivity index (χ3v) is 4.44. The van der Waals surface area contributed by atoms with E-state index in [0.29, 0.717) is 5.96 Å². The molecule has 0 bridgehead atoms. The van der Waals surface area contributed by atoms with Gasteiger partial charge < -0.3 is 11.1 Å². The molecule has 0 atom stereocenters. The Bertz CT molecular complexity index is 447. The third-order valence-electron chi connectivity index (χ3n) is 3.22. The van der Waals surface area contributed by atoms with E-state index < -0.39 is 0 Å². The maximum atomic E-state index is 5.84. The van der Waals surface area contributed by atoms with Gasteiger partial charge in [0.25, 0.3) is 0 Å². The molecule has 1 aromatic heterocycles. The molecule has 1 aliphatic rings. The third kappa shape index (κ3) is 4.78. The summed E-state index contributed by atoms with van der Waals surface area (Å²) in [6.07, 6.45) is 7.06. The summed E-state index contributed by atoms with van der Waals surface area (Å²) < 4.78 is 0. The molecule has 2 rings (SSSR count). The smallest absolute Gasteiger partial charge is 0.188 e. The van der Waals surface area contributed by atoms with Gasteiger partial charge in [0.05, 0.1) is 10.7 Å². The number of aliphatic imine (C=N–C) groups is 1. The first-order valence-electron chi connectivity index (χ1n) is 7.49. The number of guanidine groups is 1. The Hall–Kier alpha value is -1.10. The topological polar surface area (TPSA) is 63.3 Å². The molecule has 0 unspecified atom stereocenters. The van der Waals surface area contributed by atoms with Crippen molar-refractivity contribution in [2.75, 3.05) is 6.54 Å². The Morgan fingerprint density at radius 2 is 2.10 bits per heavy atom. The van der Waals surface area contributed by atoms with Crippen molar-refractivity contribution in [2.45, 2.75) is 64.8 Å². The van der Waals surface area contributed by atoms with Crippen molar-refractivity contribution >= 4 is 17.3 Å². The van der Waals surface area contributed by atoms with Crippen LogP contribution in [0.2, 0.25) is 0 Å². The van der Waals surface area contributed by atoms with E-state index in [1.54, 1.807) is 0 Å². The summed E-state index contributed by atoms with van der Waals surface area (Å²) in [5.41, 5.74) is 7.17. The van der Waals surface area contributed by atoms with E-state index in [-0.39, 0.29) is 5.54 Å². The highest BCUT2D eigenvalue weighted by Crippen LogP contribution is 2.27. The first-order valence-corrected chi connectivity index (χ1v) is 8.31. The van der Waals surface area contributed by atoms with E-state index in [1.807, 2.05) is 11.3 Å². The first kappa shape index (κ1) is 15.3. The average molecular weight is 294 g/mol. The Morgan fingerprint density at radius 1 is 1.35 bits per heavy atom. The van der Waals surface area contributed by atoms with E-state index >= 15 is 0 Å². The molecule has 0 saturated heterocycles. The quantitative estimate of drug-likeness (QED) is 0.510. The summed E-state index contributed by atoms with van der Waals surface area (Å²) in [5, 5.41) is 4.44. The highest BCUT2D eigenvalue weighted by molar-refractivity contribution is 7.11. The van der Waals surface area contributed by atoms with E-state index in [1.165, 1.54) is 41.3 Å². The molecular formula is C15H26N4S. The Morgan fingerprint density at radius 3 is 2.80 bits per heavy atom. The van der Waals surface area contributed by atoms with Crippen LogP contribution in [0.25, 0.3) is 0 Å². The van der Waals surface area contributed by atoms with Gasteiger partial charge in [-0.05, 0) is 52.9 Å². The standard InChI is InChI=1S/C15H26N4S/c1-15(2,3)19-14(16)17-10-6-9-13-18-11-7-4-5-8-12(11)20-13/h4-10H2,1-3H3,(H3,16,17,19). The number of aromatic nitrogens is 1. The van der Waals surface area contributed by atoms with Crippen LogP contribution < -0.4 is 11.1 Å². The predicted octanol–water partition coefficient (Wildman–Crippen LogP) is 2.66. The number of thiazole rings is 1. The Balaban J connectivity index is 1.76. The molecule has 1 aromatic rings. The molecule has 0 aliphatic heterocycles. The van der Waals surface area contributed by atoms with Crippen LogP contribution in [0.5, 0.6) is 0 Å². The minimum Gasteiger partial charge on any atom is -0.370 e. The van der Waals surface area contributed by atoms with E-state index in [2.05, 4.69) is 31.1 Å². The van der Waals surface area contributed by atoms with Crippen LogP contribution in [-0.2, 0) is 19.3 Å². The molecule has 0 spiro atoms. The molecule has 0 saturated carbocycles. The number of hydrogen-bond donors (Lipinski definition) is 2. The number of fused-ring (bicyclic) bond motifs is 1. The fourth-order valence-electron chi connectivity index (χ4n) is 2.37. The summed E-state index contributed by atoms with van der Waals surface area (Å²) in [6.45, 7) is 7.00. The fourth-order valence-corrected chi connectivity index (χ4v) is 3.56. The van der Waals surface area contributed by atoms with Gasteiger partial charge in [0.15, 0.2) is 5.96 Å². The van der Waals surface area contributed by atoms with E-state index in [0.717, 1.165) is 19.4 Å². The molecule has 0 radical (unpaired) electrons. The lowest BCUT2D eigenvalue weighted by Gasteiger charge is -2.20. The van der Waals surface area contributed by atoms with Gasteiger partial charge in [-0.15, -0.1) is 11.3 Å². The number of aryl methyl sites for hydroxylation is 3. The van der Waals surface area contributed by atoms with Crippen LogP contribution in [0.4, 0.5) is 0 Å². The maximum absolute atomic E-state index is 5.84. The van der Waals surface area contributed by atoms with Crippen LogP contribution in [0.3, 0.4) is 0 Å². The average Bonchev–Trinajstić information content (AvgIpc) is 2.75. The minimum atomic E-state index is -0.0258. The fraction of sp³-hybridized carbons (Fsp3) is 0.733. The molecule has 1 heterocycles. The van der Waals surface area contributed by atoms with Gasteiger partial charge in [0.1, 0.15) is 0 Å². The second kappa shape index (κ2) is 6.57. The molecule has 3 N–H and O–H groups in total. The molecule has 0 fully saturated rings. The lowest BCUT2D eigenvalue weighted by atomic mass is 10.0. The zero-order valence-electron chi connectivity index (χ0n) is 12.8. The summed E-state index contributed by atoms with van der Waals surface area (Å²) >= 11 is 1.90. The number of nitrogens with two attached hydrogens (primary N) is 1. The van der Waals surface area contributed by atoms with E-state index in [4.69, 9.17) is 10.7 Å². The van der Waals surface area contributed by atoms with Crippen molar-refractivity contribution in [1.82, 2.24) is 10.3 Å². The van der Waals surface area contributed by atoms with Crippen molar-refractivity contribution < 1.29 is 0 Å². The molecule has 0 amide bonds. The van der Waals surface area contributed by atoms with Crippen molar-refractivity contribution in [3.63, 3.8) is 0 Å². The van der Waals surface area contributed by atoms with Gasteiger partial charge in [-0.2, -0.15) is 0 Å². The number of rotatable bonds is 4. The van der Waals surface area contributed by atoms with Crippen LogP contribution in [0, 0.1) is 0 Å². The number of nitrogens with one attached hydrogen (secondary N) is 1. The molecule has 112 valence electrons. The van der Waals surface area contributed by atoms with Crippen molar-refractivity contribution in [2.24, 2.45) is 10.7 Å². The SMILES string of the molecule is CC(C)(C)NC(N)=NCCCc1nc2c(s1)CCCC2. The van der Waals surface area contributed by atoms with Crippen LogP contribution in [0.15, 0.2) is 4.99 Å². The Kier molecular flexibility index (Phi) is 5.02. The molecule has 1 aliphatic carbocycles. The van der Waals surface area contributed by atoms with Gasteiger partial charge in [0.2, 0.25) is 0 Å². The lowest BCUT2D eigenvalue weighted by molar-refractivity contribution is 0.508. The van der Waals surface area contributed by atoms with Crippen molar-refractivity contribution in [3.05, 3.63) is 15.6 Å². The molecular weight excluding hydrogens is 268 g/mol. The van der Waals surface area contributed by atoms with Gasteiger partial charge in [-0.3, -0.25) is 4.99 Å². The monoisotopic (exact) mass is 294 g/mol. The second-order valence-electron chi connectivity index (χ2n) is 6.43. The first-order chi connectivity index (χ1) is 9.44. The van der Waals surface area contributed by atoms with Crippen LogP contribution in [0.1, 0.15) is 55.6 Å². The molecule has 4 nitrogen and oxygen atoms in total. The summed E-state index contributed by atoms with van der Waals surface area (Å²) in [5.74, 6) is 0.538. The summed E-state index contributed by atoms with van der Waals surface area (Å²) in [6, 6.07) is 0. The van der Waals surface area contributed by atoms with Gasteiger partial charge in [-0.25, -0.2) is 4.98 Å². The second-order valence-corrected chi connectivity index (χ2v) is 7.60. The maximum Gasteiger partial charge on any atom is 0.188 e. The summed E-state index contributed by atoms with van der Waals surface area (Å²) in [7, 11) is 0. The van der Waals surface area contributed by atoms with Crippen molar-refractivity contribution in [1.29, 1.82) is 0 Å².